The molecule has 1 aromatic rings. The molecule has 3 heteroatoms. The summed E-state index contributed by atoms with van der Waals surface area (Å²) in [6, 6.07) is 5.20. The average molecular weight is 254 g/mol. The molecule has 2 aliphatic rings. The van der Waals surface area contributed by atoms with Crippen molar-refractivity contribution >= 4 is 11.6 Å². The van der Waals surface area contributed by atoms with Gasteiger partial charge in [0.2, 0.25) is 0 Å². The van der Waals surface area contributed by atoms with Crippen molar-refractivity contribution in [2.75, 3.05) is 0 Å². The topological polar surface area (TPSA) is 26.0 Å². The van der Waals surface area contributed by atoms with E-state index >= 15 is 0 Å². The van der Waals surface area contributed by atoms with Crippen molar-refractivity contribution in [3.05, 3.63) is 34.6 Å². The van der Waals surface area contributed by atoms with E-state index in [9.17, 15) is 4.39 Å². The second-order valence-corrected chi connectivity index (χ2v) is 6.11. The van der Waals surface area contributed by atoms with Crippen LogP contribution in [0.2, 0.25) is 5.02 Å². The summed E-state index contributed by atoms with van der Waals surface area (Å²) in [6.45, 7) is 0. The highest BCUT2D eigenvalue weighted by Crippen LogP contribution is 2.50. The summed E-state index contributed by atoms with van der Waals surface area (Å²) in [4.78, 5) is 0. The van der Waals surface area contributed by atoms with E-state index in [0.717, 1.165) is 12.3 Å². The normalized spacial score (nSPS) is 35.5. The molecular formula is C14H17ClFN. The summed E-state index contributed by atoms with van der Waals surface area (Å²) < 4.78 is 13.9. The van der Waals surface area contributed by atoms with E-state index in [1.165, 1.54) is 19.3 Å². The summed E-state index contributed by atoms with van der Waals surface area (Å²) in [6.07, 6.45) is 5.42. The monoisotopic (exact) mass is 253 g/mol. The lowest BCUT2D eigenvalue weighted by Gasteiger charge is -2.34. The van der Waals surface area contributed by atoms with Gasteiger partial charge in [-0.15, -0.1) is 0 Å². The van der Waals surface area contributed by atoms with Gasteiger partial charge in [-0.1, -0.05) is 30.2 Å². The average Bonchev–Trinajstić information content (AvgIpc) is 2.84. The van der Waals surface area contributed by atoms with E-state index in [0.29, 0.717) is 17.9 Å². The highest BCUT2D eigenvalue weighted by atomic mass is 35.5. The summed E-state index contributed by atoms with van der Waals surface area (Å²) in [5.41, 5.74) is 6.96. The summed E-state index contributed by atoms with van der Waals surface area (Å²) in [5.74, 6) is 1.06. The molecule has 0 amide bonds. The van der Waals surface area contributed by atoms with Crippen LogP contribution in [-0.2, 0) is 6.42 Å². The highest BCUT2D eigenvalue weighted by molar-refractivity contribution is 6.30. The van der Waals surface area contributed by atoms with Crippen molar-refractivity contribution < 1.29 is 4.39 Å². The molecule has 3 rings (SSSR count). The van der Waals surface area contributed by atoms with Gasteiger partial charge in [-0.25, -0.2) is 4.39 Å². The van der Waals surface area contributed by atoms with Gasteiger partial charge in [0.25, 0.3) is 0 Å². The van der Waals surface area contributed by atoms with Crippen LogP contribution in [0.5, 0.6) is 0 Å². The number of halogens is 2. The molecular weight excluding hydrogens is 237 g/mol. The van der Waals surface area contributed by atoms with E-state index < -0.39 is 0 Å². The number of benzene rings is 1. The Bertz CT molecular complexity index is 448. The summed E-state index contributed by atoms with van der Waals surface area (Å²) in [5, 5.41) is 0.203. The smallest absolute Gasteiger partial charge is 0.145 e. The van der Waals surface area contributed by atoms with Gasteiger partial charge in [0.1, 0.15) is 5.82 Å². The SMILES string of the molecule is NC1(Cc2cccc(Cl)c2F)CC2CCC1C2. The molecule has 1 nitrogen and oxygen atoms in total. The van der Waals surface area contributed by atoms with Crippen molar-refractivity contribution in [2.45, 2.75) is 37.6 Å². The number of nitrogens with two attached hydrogens (primary N) is 1. The molecule has 3 unspecified atom stereocenters. The lowest BCUT2D eigenvalue weighted by Crippen LogP contribution is -2.47. The Morgan fingerprint density at radius 2 is 2.24 bits per heavy atom. The maximum atomic E-state index is 13.9. The number of hydrogen-bond acceptors (Lipinski definition) is 1. The van der Waals surface area contributed by atoms with Crippen LogP contribution in [0.1, 0.15) is 31.2 Å². The Morgan fingerprint density at radius 3 is 2.88 bits per heavy atom. The van der Waals surface area contributed by atoms with Crippen LogP contribution >= 0.6 is 11.6 Å². The van der Waals surface area contributed by atoms with Gasteiger partial charge in [-0.2, -0.15) is 0 Å². The fraction of sp³-hybridized carbons (Fsp3) is 0.571. The van der Waals surface area contributed by atoms with Gasteiger partial charge in [-0.05, 0) is 49.1 Å². The molecule has 2 fully saturated rings. The molecule has 0 aliphatic heterocycles. The first-order valence-electron chi connectivity index (χ1n) is 6.30. The van der Waals surface area contributed by atoms with Crippen molar-refractivity contribution in [1.82, 2.24) is 0 Å². The molecule has 0 spiro atoms. The minimum absolute atomic E-state index is 0.200. The molecule has 2 saturated carbocycles. The van der Waals surface area contributed by atoms with Crippen LogP contribution in [0.15, 0.2) is 18.2 Å². The van der Waals surface area contributed by atoms with Gasteiger partial charge in [0.05, 0.1) is 5.02 Å². The van der Waals surface area contributed by atoms with Crippen LogP contribution in [-0.4, -0.2) is 5.54 Å². The second-order valence-electron chi connectivity index (χ2n) is 5.70. The summed E-state index contributed by atoms with van der Waals surface area (Å²) in [7, 11) is 0. The van der Waals surface area contributed by atoms with Crippen LogP contribution < -0.4 is 5.73 Å². The Labute approximate surface area is 106 Å². The Morgan fingerprint density at radius 1 is 1.41 bits per heavy atom. The molecule has 92 valence electrons. The van der Waals surface area contributed by atoms with Crippen molar-refractivity contribution in [3.63, 3.8) is 0 Å². The van der Waals surface area contributed by atoms with E-state index in [4.69, 9.17) is 17.3 Å². The maximum Gasteiger partial charge on any atom is 0.145 e. The minimum atomic E-state index is -0.290. The van der Waals surface area contributed by atoms with Crippen LogP contribution in [0, 0.1) is 17.7 Å². The zero-order valence-corrected chi connectivity index (χ0v) is 10.5. The molecule has 2 aliphatic carbocycles. The number of rotatable bonds is 2. The predicted molar refractivity (Wildman–Crippen MR) is 67.5 cm³/mol. The van der Waals surface area contributed by atoms with Crippen molar-refractivity contribution in [1.29, 1.82) is 0 Å². The maximum absolute atomic E-state index is 13.9. The second kappa shape index (κ2) is 3.96. The van der Waals surface area contributed by atoms with E-state index in [2.05, 4.69) is 0 Å². The number of hydrogen-bond donors (Lipinski definition) is 1. The Hall–Kier alpha value is -0.600. The van der Waals surface area contributed by atoms with E-state index in [-0.39, 0.29) is 16.4 Å². The zero-order valence-electron chi connectivity index (χ0n) is 9.76. The van der Waals surface area contributed by atoms with Crippen molar-refractivity contribution in [2.24, 2.45) is 17.6 Å². The first kappa shape index (κ1) is 11.5. The third-order valence-electron chi connectivity index (χ3n) is 4.57. The first-order chi connectivity index (χ1) is 8.08. The largest absolute Gasteiger partial charge is 0.325 e. The predicted octanol–water partition coefficient (Wildman–Crippen LogP) is 3.54. The van der Waals surface area contributed by atoms with Gasteiger partial charge >= 0.3 is 0 Å². The molecule has 2 bridgehead atoms. The van der Waals surface area contributed by atoms with Crippen LogP contribution in [0.3, 0.4) is 0 Å². The molecule has 0 heterocycles. The van der Waals surface area contributed by atoms with Gasteiger partial charge in [0.15, 0.2) is 0 Å². The standard InChI is InChI=1S/C14H17ClFN/c15-12-3-1-2-10(13(12)16)8-14(17)7-9-4-5-11(14)6-9/h1-3,9,11H,4-8,17H2. The number of fused-ring (bicyclic) bond motifs is 2. The van der Waals surface area contributed by atoms with Crippen LogP contribution in [0.4, 0.5) is 4.39 Å². The molecule has 2 N–H and O–H groups in total. The van der Waals surface area contributed by atoms with Crippen LogP contribution in [0.25, 0.3) is 0 Å². The van der Waals surface area contributed by atoms with Gasteiger partial charge in [-0.3, -0.25) is 0 Å². The van der Waals surface area contributed by atoms with E-state index in [1.807, 2.05) is 6.07 Å². The Kier molecular flexibility index (Phi) is 2.68. The molecule has 0 radical (unpaired) electrons. The molecule has 0 saturated heterocycles. The van der Waals surface area contributed by atoms with Gasteiger partial charge < -0.3 is 5.73 Å². The quantitative estimate of drug-likeness (QED) is 0.857. The molecule has 3 atom stereocenters. The third-order valence-corrected chi connectivity index (χ3v) is 4.87. The van der Waals surface area contributed by atoms with Crippen molar-refractivity contribution in [3.8, 4) is 0 Å². The lowest BCUT2D eigenvalue weighted by molar-refractivity contribution is 0.267. The third kappa shape index (κ3) is 1.88. The Balaban J connectivity index is 1.85. The highest BCUT2D eigenvalue weighted by Gasteiger charge is 2.48. The van der Waals surface area contributed by atoms with E-state index in [1.54, 1.807) is 12.1 Å². The molecule has 17 heavy (non-hydrogen) atoms. The lowest BCUT2D eigenvalue weighted by atomic mass is 9.77. The van der Waals surface area contributed by atoms with Gasteiger partial charge in [0, 0.05) is 5.54 Å². The molecule has 0 aromatic heterocycles. The summed E-state index contributed by atoms with van der Waals surface area (Å²) >= 11 is 5.81. The zero-order chi connectivity index (χ0) is 12.0. The fourth-order valence-electron chi connectivity index (χ4n) is 3.74. The molecule has 1 aromatic carbocycles. The minimum Gasteiger partial charge on any atom is -0.325 e. The first-order valence-corrected chi connectivity index (χ1v) is 6.68. The fourth-order valence-corrected chi connectivity index (χ4v) is 3.94.